The Morgan fingerprint density at radius 3 is 2.80 bits per heavy atom. The zero-order valence-corrected chi connectivity index (χ0v) is 8.57. The van der Waals surface area contributed by atoms with Gasteiger partial charge in [-0.15, -0.1) is 11.3 Å². The molecule has 0 saturated heterocycles. The number of carboxylic acid groups (broad SMARTS) is 1. The zero-order valence-electron chi connectivity index (χ0n) is 7.75. The third-order valence-electron chi connectivity index (χ3n) is 1.96. The number of nitrogens with zero attached hydrogens (tertiary/aromatic N) is 2. The Labute approximate surface area is 90.3 Å². The van der Waals surface area contributed by atoms with Crippen LogP contribution < -0.4 is 0 Å². The summed E-state index contributed by atoms with van der Waals surface area (Å²) in [4.78, 5) is 19.3. The summed E-state index contributed by atoms with van der Waals surface area (Å²) < 4.78 is 0. The number of aromatic nitrogens is 2. The SMILES string of the molecule is O=C(O)c1ncsc1Cc1ccncc1. The maximum atomic E-state index is 10.8. The first-order valence-electron chi connectivity index (χ1n) is 4.32. The lowest BCUT2D eigenvalue weighted by Crippen LogP contribution is -2.01. The molecule has 0 aliphatic rings. The number of carbonyl (C=O) groups is 1. The van der Waals surface area contributed by atoms with Gasteiger partial charge in [0.25, 0.3) is 0 Å². The minimum atomic E-state index is -0.972. The van der Waals surface area contributed by atoms with Gasteiger partial charge in [-0.25, -0.2) is 9.78 Å². The number of rotatable bonds is 3. The van der Waals surface area contributed by atoms with Gasteiger partial charge in [0.2, 0.25) is 0 Å². The minimum Gasteiger partial charge on any atom is -0.476 e. The van der Waals surface area contributed by atoms with Gasteiger partial charge in [-0.1, -0.05) is 0 Å². The van der Waals surface area contributed by atoms with E-state index in [0.717, 1.165) is 10.4 Å². The van der Waals surface area contributed by atoms with Gasteiger partial charge in [0.15, 0.2) is 5.69 Å². The molecule has 0 bridgehead atoms. The van der Waals surface area contributed by atoms with E-state index in [4.69, 9.17) is 5.11 Å². The second-order valence-electron chi connectivity index (χ2n) is 2.96. The summed E-state index contributed by atoms with van der Waals surface area (Å²) >= 11 is 1.36. The van der Waals surface area contributed by atoms with E-state index in [2.05, 4.69) is 9.97 Å². The van der Waals surface area contributed by atoms with E-state index in [0.29, 0.717) is 6.42 Å². The van der Waals surface area contributed by atoms with Crippen molar-refractivity contribution in [2.24, 2.45) is 0 Å². The molecule has 15 heavy (non-hydrogen) atoms. The average Bonchev–Trinajstić information content (AvgIpc) is 2.67. The lowest BCUT2D eigenvalue weighted by atomic mass is 10.1. The summed E-state index contributed by atoms with van der Waals surface area (Å²) in [6.45, 7) is 0. The summed E-state index contributed by atoms with van der Waals surface area (Å²) in [7, 11) is 0. The van der Waals surface area contributed by atoms with Crippen LogP contribution in [0.4, 0.5) is 0 Å². The third-order valence-corrected chi connectivity index (χ3v) is 2.79. The molecule has 0 aliphatic carbocycles. The van der Waals surface area contributed by atoms with Gasteiger partial charge < -0.3 is 5.11 Å². The molecule has 0 atom stereocenters. The molecule has 0 aromatic carbocycles. The molecule has 0 spiro atoms. The lowest BCUT2D eigenvalue weighted by Gasteiger charge is -1.98. The van der Waals surface area contributed by atoms with Crippen LogP contribution in [0.15, 0.2) is 30.0 Å². The largest absolute Gasteiger partial charge is 0.476 e. The number of carboxylic acids is 1. The van der Waals surface area contributed by atoms with Gasteiger partial charge in [0, 0.05) is 23.7 Å². The highest BCUT2D eigenvalue weighted by Gasteiger charge is 2.13. The van der Waals surface area contributed by atoms with Crippen molar-refractivity contribution in [1.82, 2.24) is 9.97 Å². The van der Waals surface area contributed by atoms with E-state index >= 15 is 0 Å². The Hall–Kier alpha value is -1.75. The van der Waals surface area contributed by atoms with Gasteiger partial charge in [0.1, 0.15) is 0 Å². The predicted octanol–water partition coefficient (Wildman–Crippen LogP) is 1.83. The van der Waals surface area contributed by atoms with Gasteiger partial charge in [-0.3, -0.25) is 4.98 Å². The molecule has 2 aromatic rings. The molecule has 1 N–H and O–H groups in total. The number of thiazole rings is 1. The Morgan fingerprint density at radius 2 is 2.13 bits per heavy atom. The lowest BCUT2D eigenvalue weighted by molar-refractivity contribution is 0.0690. The number of pyridine rings is 1. The quantitative estimate of drug-likeness (QED) is 0.857. The van der Waals surface area contributed by atoms with Crippen molar-refractivity contribution in [2.45, 2.75) is 6.42 Å². The first-order valence-corrected chi connectivity index (χ1v) is 5.20. The number of hydrogen-bond acceptors (Lipinski definition) is 4. The summed E-state index contributed by atoms with van der Waals surface area (Å²) in [5.74, 6) is -0.972. The normalized spacial score (nSPS) is 10.1. The zero-order chi connectivity index (χ0) is 10.7. The number of aromatic carboxylic acids is 1. The second-order valence-corrected chi connectivity index (χ2v) is 3.90. The van der Waals surface area contributed by atoms with E-state index in [-0.39, 0.29) is 5.69 Å². The van der Waals surface area contributed by atoms with Crippen LogP contribution in [-0.4, -0.2) is 21.0 Å². The molecule has 2 rings (SSSR count). The van der Waals surface area contributed by atoms with Gasteiger partial charge in [-0.2, -0.15) is 0 Å². The van der Waals surface area contributed by atoms with E-state index in [1.807, 2.05) is 12.1 Å². The smallest absolute Gasteiger partial charge is 0.355 e. The van der Waals surface area contributed by atoms with Gasteiger partial charge in [-0.05, 0) is 17.7 Å². The van der Waals surface area contributed by atoms with Crippen LogP contribution >= 0.6 is 11.3 Å². The van der Waals surface area contributed by atoms with Crippen LogP contribution in [0.5, 0.6) is 0 Å². The molecular formula is C10H8N2O2S. The van der Waals surface area contributed by atoms with Crippen LogP contribution in [0.2, 0.25) is 0 Å². The van der Waals surface area contributed by atoms with E-state index < -0.39 is 5.97 Å². The van der Waals surface area contributed by atoms with Crippen molar-refractivity contribution in [3.8, 4) is 0 Å². The first-order chi connectivity index (χ1) is 7.27. The highest BCUT2D eigenvalue weighted by atomic mass is 32.1. The molecular weight excluding hydrogens is 212 g/mol. The molecule has 2 aromatic heterocycles. The standard InChI is InChI=1S/C10H8N2O2S/c13-10(14)9-8(15-6-12-9)5-7-1-3-11-4-2-7/h1-4,6H,5H2,(H,13,14). The third kappa shape index (κ3) is 2.19. The van der Waals surface area contributed by atoms with Crippen molar-refractivity contribution in [3.63, 3.8) is 0 Å². The molecule has 0 fully saturated rings. The van der Waals surface area contributed by atoms with Crippen LogP contribution in [-0.2, 0) is 6.42 Å². The van der Waals surface area contributed by atoms with Crippen molar-refractivity contribution in [2.75, 3.05) is 0 Å². The molecule has 0 radical (unpaired) electrons. The molecule has 2 heterocycles. The summed E-state index contributed by atoms with van der Waals surface area (Å²) in [6, 6.07) is 3.73. The van der Waals surface area contributed by atoms with Crippen LogP contribution in [0.1, 0.15) is 20.9 Å². The fourth-order valence-electron chi connectivity index (χ4n) is 1.26. The minimum absolute atomic E-state index is 0.150. The van der Waals surface area contributed by atoms with E-state index in [1.165, 1.54) is 11.3 Å². The van der Waals surface area contributed by atoms with Crippen molar-refractivity contribution in [3.05, 3.63) is 46.2 Å². The van der Waals surface area contributed by atoms with Crippen molar-refractivity contribution in [1.29, 1.82) is 0 Å². The Morgan fingerprint density at radius 1 is 1.40 bits per heavy atom. The maximum absolute atomic E-state index is 10.8. The molecule has 76 valence electrons. The molecule has 4 nitrogen and oxygen atoms in total. The Bertz CT molecular complexity index is 467. The summed E-state index contributed by atoms with van der Waals surface area (Å²) in [5, 5.41) is 8.86. The first kappa shape index (κ1) is 9.79. The molecule has 0 aliphatic heterocycles. The van der Waals surface area contributed by atoms with Crippen LogP contribution in [0.25, 0.3) is 0 Å². The average molecular weight is 220 g/mol. The topological polar surface area (TPSA) is 63.1 Å². The monoisotopic (exact) mass is 220 g/mol. The fourth-order valence-corrected chi connectivity index (χ4v) is 2.04. The van der Waals surface area contributed by atoms with E-state index in [1.54, 1.807) is 17.9 Å². The Kier molecular flexibility index (Phi) is 2.73. The highest BCUT2D eigenvalue weighted by Crippen LogP contribution is 2.17. The second kappa shape index (κ2) is 4.18. The van der Waals surface area contributed by atoms with Crippen LogP contribution in [0.3, 0.4) is 0 Å². The molecule has 0 amide bonds. The van der Waals surface area contributed by atoms with Crippen LogP contribution in [0, 0.1) is 0 Å². The summed E-state index contributed by atoms with van der Waals surface area (Å²) in [5.41, 5.74) is 2.74. The number of hydrogen-bond donors (Lipinski definition) is 1. The van der Waals surface area contributed by atoms with Gasteiger partial charge >= 0.3 is 5.97 Å². The predicted molar refractivity (Wildman–Crippen MR) is 56.1 cm³/mol. The Balaban J connectivity index is 2.25. The molecule has 0 saturated carbocycles. The highest BCUT2D eigenvalue weighted by molar-refractivity contribution is 7.09. The maximum Gasteiger partial charge on any atom is 0.355 e. The molecule has 0 unspecified atom stereocenters. The fraction of sp³-hybridized carbons (Fsp3) is 0.100. The van der Waals surface area contributed by atoms with E-state index in [9.17, 15) is 4.79 Å². The summed E-state index contributed by atoms with van der Waals surface area (Å²) in [6.07, 6.45) is 3.97. The van der Waals surface area contributed by atoms with Gasteiger partial charge in [0.05, 0.1) is 5.51 Å². The van der Waals surface area contributed by atoms with Crippen molar-refractivity contribution >= 4 is 17.3 Å². The molecule has 5 heteroatoms. The van der Waals surface area contributed by atoms with Crippen molar-refractivity contribution < 1.29 is 9.90 Å².